The van der Waals surface area contributed by atoms with Gasteiger partial charge in [-0.1, -0.05) is 13.8 Å². The Balaban J connectivity index is 1.79. The average molecular weight is 182 g/mol. The van der Waals surface area contributed by atoms with E-state index < -0.39 is 0 Å². The van der Waals surface area contributed by atoms with Crippen LogP contribution in [0.4, 0.5) is 0 Å². The van der Waals surface area contributed by atoms with Crippen LogP contribution in [-0.2, 0) is 4.79 Å². The van der Waals surface area contributed by atoms with Gasteiger partial charge in [0.25, 0.3) is 0 Å². The van der Waals surface area contributed by atoms with Gasteiger partial charge in [-0.05, 0) is 31.2 Å². The number of amides is 1. The van der Waals surface area contributed by atoms with E-state index in [0.717, 1.165) is 25.8 Å². The molecule has 1 amide bonds. The van der Waals surface area contributed by atoms with E-state index in [9.17, 15) is 4.79 Å². The van der Waals surface area contributed by atoms with Gasteiger partial charge in [0.05, 0.1) is 6.04 Å². The van der Waals surface area contributed by atoms with Gasteiger partial charge in [0.2, 0.25) is 5.91 Å². The summed E-state index contributed by atoms with van der Waals surface area (Å²) in [6, 6.07) is 0.499. The van der Waals surface area contributed by atoms with Crippen molar-refractivity contribution in [2.45, 2.75) is 45.2 Å². The summed E-state index contributed by atoms with van der Waals surface area (Å²) in [5.41, 5.74) is 0.342. The van der Waals surface area contributed by atoms with Gasteiger partial charge in [-0.25, -0.2) is 0 Å². The first-order valence-corrected chi connectivity index (χ1v) is 5.13. The number of rotatable bonds is 2. The first-order valence-electron chi connectivity index (χ1n) is 5.13. The first-order chi connectivity index (χ1) is 6.09. The Labute approximate surface area is 79.3 Å². The first kappa shape index (κ1) is 9.00. The lowest BCUT2D eigenvalue weighted by Crippen LogP contribution is -2.42. The highest BCUT2D eigenvalue weighted by Crippen LogP contribution is 2.44. The van der Waals surface area contributed by atoms with Gasteiger partial charge in [0, 0.05) is 6.04 Å². The molecular formula is C10H18N2O. The molecule has 13 heavy (non-hydrogen) atoms. The smallest absolute Gasteiger partial charge is 0.237 e. The van der Waals surface area contributed by atoms with Gasteiger partial charge < -0.3 is 10.6 Å². The third kappa shape index (κ3) is 1.85. The predicted molar refractivity (Wildman–Crippen MR) is 51.4 cm³/mol. The molecule has 1 saturated heterocycles. The van der Waals surface area contributed by atoms with Crippen molar-refractivity contribution < 1.29 is 4.79 Å². The minimum Gasteiger partial charge on any atom is -0.351 e. The van der Waals surface area contributed by atoms with Crippen LogP contribution in [0.2, 0.25) is 0 Å². The molecule has 1 heterocycles. The fraction of sp³-hybridized carbons (Fsp3) is 0.900. The second-order valence-electron chi connectivity index (χ2n) is 4.90. The van der Waals surface area contributed by atoms with E-state index >= 15 is 0 Å². The Bertz CT molecular complexity index is 219. The highest BCUT2D eigenvalue weighted by Gasteiger charge is 2.47. The van der Waals surface area contributed by atoms with Crippen LogP contribution in [0, 0.1) is 5.41 Å². The molecule has 0 aromatic carbocycles. The summed E-state index contributed by atoms with van der Waals surface area (Å²) < 4.78 is 0. The Kier molecular flexibility index (Phi) is 2.06. The van der Waals surface area contributed by atoms with E-state index in [-0.39, 0.29) is 11.9 Å². The molecule has 1 aliphatic carbocycles. The Hall–Kier alpha value is -0.570. The van der Waals surface area contributed by atoms with Crippen molar-refractivity contribution in [2.75, 3.05) is 6.54 Å². The molecule has 2 rings (SSSR count). The topological polar surface area (TPSA) is 41.1 Å². The molecule has 3 nitrogen and oxygen atoms in total. The molecular weight excluding hydrogens is 164 g/mol. The maximum absolute atomic E-state index is 11.6. The predicted octanol–water partition coefficient (Wildman–Crippen LogP) is 0.653. The summed E-state index contributed by atoms with van der Waals surface area (Å²) in [6.45, 7) is 5.38. The van der Waals surface area contributed by atoms with Crippen molar-refractivity contribution in [3.8, 4) is 0 Å². The van der Waals surface area contributed by atoms with Gasteiger partial charge in [-0.15, -0.1) is 0 Å². The van der Waals surface area contributed by atoms with E-state index in [1.807, 2.05) is 0 Å². The number of hydrogen-bond donors (Lipinski definition) is 2. The number of nitrogens with one attached hydrogen (secondary N) is 2. The van der Waals surface area contributed by atoms with Crippen LogP contribution in [0.5, 0.6) is 0 Å². The lowest BCUT2D eigenvalue weighted by atomic mass is 10.1. The van der Waals surface area contributed by atoms with E-state index in [1.165, 1.54) is 0 Å². The summed E-state index contributed by atoms with van der Waals surface area (Å²) in [5, 5.41) is 6.29. The summed E-state index contributed by atoms with van der Waals surface area (Å²) in [7, 11) is 0. The molecule has 0 aromatic rings. The van der Waals surface area contributed by atoms with Crippen LogP contribution in [0.1, 0.15) is 33.1 Å². The number of carbonyl (C=O) groups is 1. The van der Waals surface area contributed by atoms with Gasteiger partial charge >= 0.3 is 0 Å². The summed E-state index contributed by atoms with van der Waals surface area (Å²) in [6.07, 6.45) is 3.26. The highest BCUT2D eigenvalue weighted by molar-refractivity contribution is 5.82. The molecule has 1 aliphatic heterocycles. The molecule has 1 unspecified atom stereocenters. The van der Waals surface area contributed by atoms with Gasteiger partial charge in [-0.2, -0.15) is 0 Å². The minimum absolute atomic E-state index is 0.0800. The van der Waals surface area contributed by atoms with Gasteiger partial charge in [-0.3, -0.25) is 4.79 Å². The van der Waals surface area contributed by atoms with Crippen LogP contribution in [-0.4, -0.2) is 24.5 Å². The van der Waals surface area contributed by atoms with E-state index in [0.29, 0.717) is 11.5 Å². The highest BCUT2D eigenvalue weighted by atomic mass is 16.2. The zero-order chi connectivity index (χ0) is 9.47. The number of carbonyl (C=O) groups excluding carboxylic acids is 1. The van der Waals surface area contributed by atoms with Crippen molar-refractivity contribution in [3.63, 3.8) is 0 Å². The minimum atomic E-state index is 0.0800. The monoisotopic (exact) mass is 182 g/mol. The zero-order valence-corrected chi connectivity index (χ0v) is 8.39. The quantitative estimate of drug-likeness (QED) is 0.658. The van der Waals surface area contributed by atoms with Gasteiger partial charge in [0.1, 0.15) is 0 Å². The fourth-order valence-corrected chi connectivity index (χ4v) is 1.89. The van der Waals surface area contributed by atoms with Crippen molar-refractivity contribution >= 4 is 5.91 Å². The molecule has 0 spiro atoms. The molecule has 2 aliphatic rings. The van der Waals surface area contributed by atoms with Crippen molar-refractivity contribution in [3.05, 3.63) is 0 Å². The molecule has 1 saturated carbocycles. The third-order valence-electron chi connectivity index (χ3n) is 3.21. The van der Waals surface area contributed by atoms with Crippen LogP contribution in [0.15, 0.2) is 0 Å². The summed E-state index contributed by atoms with van der Waals surface area (Å²) >= 11 is 0. The lowest BCUT2D eigenvalue weighted by Gasteiger charge is -2.11. The average Bonchev–Trinajstić information content (AvgIpc) is 2.58. The standard InChI is InChI=1S/C10H18N2O/c1-10(2)6-8(10)12-9(13)7-4-3-5-11-7/h7-8,11H,3-6H2,1-2H3,(H,12,13)/t7-,8?/m0/s1. The van der Waals surface area contributed by atoms with Gasteiger partial charge in [0.15, 0.2) is 0 Å². The van der Waals surface area contributed by atoms with Crippen LogP contribution >= 0.6 is 0 Å². The van der Waals surface area contributed by atoms with E-state index in [2.05, 4.69) is 24.5 Å². The Morgan fingerprint density at radius 2 is 2.23 bits per heavy atom. The Morgan fingerprint density at radius 1 is 1.54 bits per heavy atom. The largest absolute Gasteiger partial charge is 0.351 e. The van der Waals surface area contributed by atoms with Crippen molar-refractivity contribution in [1.29, 1.82) is 0 Å². The maximum atomic E-state index is 11.6. The van der Waals surface area contributed by atoms with Crippen LogP contribution < -0.4 is 10.6 Å². The molecule has 2 atom stereocenters. The van der Waals surface area contributed by atoms with Crippen LogP contribution in [0.3, 0.4) is 0 Å². The fourth-order valence-electron chi connectivity index (χ4n) is 1.89. The van der Waals surface area contributed by atoms with Crippen molar-refractivity contribution in [1.82, 2.24) is 10.6 Å². The molecule has 2 fully saturated rings. The summed E-state index contributed by atoms with van der Waals surface area (Å²) in [5.74, 6) is 0.202. The molecule has 2 N–H and O–H groups in total. The van der Waals surface area contributed by atoms with E-state index in [4.69, 9.17) is 0 Å². The molecule has 74 valence electrons. The molecule has 0 aromatic heterocycles. The number of hydrogen-bond acceptors (Lipinski definition) is 2. The third-order valence-corrected chi connectivity index (χ3v) is 3.21. The SMILES string of the molecule is CC1(C)CC1NC(=O)[C@@H]1CCCN1. The normalized spacial score (nSPS) is 35.8. The second-order valence-corrected chi connectivity index (χ2v) is 4.90. The molecule has 3 heteroatoms. The lowest BCUT2D eigenvalue weighted by molar-refractivity contribution is -0.123. The van der Waals surface area contributed by atoms with Crippen molar-refractivity contribution in [2.24, 2.45) is 5.41 Å². The van der Waals surface area contributed by atoms with E-state index in [1.54, 1.807) is 0 Å². The molecule has 0 radical (unpaired) electrons. The molecule has 0 bridgehead atoms. The second kappa shape index (κ2) is 2.98. The van der Waals surface area contributed by atoms with Crippen LogP contribution in [0.25, 0.3) is 0 Å². The maximum Gasteiger partial charge on any atom is 0.237 e. The summed E-state index contributed by atoms with van der Waals surface area (Å²) in [4.78, 5) is 11.6. The zero-order valence-electron chi connectivity index (χ0n) is 8.39. The Morgan fingerprint density at radius 3 is 2.69 bits per heavy atom.